The molecule has 0 radical (unpaired) electrons. The number of halogens is 1. The summed E-state index contributed by atoms with van der Waals surface area (Å²) >= 11 is 0. The van der Waals surface area contributed by atoms with Crippen LogP contribution in [0.1, 0.15) is 31.8 Å². The molecule has 0 saturated heterocycles. The first kappa shape index (κ1) is 21.4. The Morgan fingerprint density at radius 3 is 2.25 bits per heavy atom. The van der Waals surface area contributed by atoms with E-state index in [4.69, 9.17) is 9.47 Å². The lowest BCUT2D eigenvalue weighted by Gasteiger charge is -2.18. The van der Waals surface area contributed by atoms with Crippen LogP contribution in [-0.4, -0.2) is 32.6 Å². The second-order valence-electron chi connectivity index (χ2n) is 7.46. The topological polar surface area (TPSA) is 67.9 Å². The molecule has 32 heavy (non-hydrogen) atoms. The number of nitrogens with zero attached hydrogens (tertiary/aromatic N) is 1. The molecular weight excluding hydrogens is 411 g/mol. The van der Waals surface area contributed by atoms with Crippen molar-refractivity contribution in [3.8, 4) is 11.5 Å². The van der Waals surface area contributed by atoms with Crippen LogP contribution in [-0.2, 0) is 13.0 Å². The van der Waals surface area contributed by atoms with Gasteiger partial charge in [0.25, 0.3) is 11.8 Å². The van der Waals surface area contributed by atoms with Gasteiger partial charge in [0.15, 0.2) is 0 Å². The first-order chi connectivity index (χ1) is 15.5. The quantitative estimate of drug-likeness (QED) is 0.637. The third kappa shape index (κ3) is 4.42. The van der Waals surface area contributed by atoms with Gasteiger partial charge in [0.05, 0.1) is 14.2 Å². The maximum Gasteiger partial charge on any atom is 0.258 e. The van der Waals surface area contributed by atoms with E-state index in [-0.39, 0.29) is 11.8 Å². The molecular formula is C25H23FN2O4. The molecule has 3 aromatic carbocycles. The predicted octanol–water partition coefficient (Wildman–Crippen LogP) is 3.98. The number of rotatable bonds is 6. The summed E-state index contributed by atoms with van der Waals surface area (Å²) in [7, 11) is 3.14. The van der Waals surface area contributed by atoms with Gasteiger partial charge in [-0.25, -0.2) is 4.39 Å². The summed E-state index contributed by atoms with van der Waals surface area (Å²) in [6, 6.07) is 16.2. The third-order valence-electron chi connectivity index (χ3n) is 5.44. The molecule has 0 atom stereocenters. The van der Waals surface area contributed by atoms with Crippen molar-refractivity contribution in [2.45, 2.75) is 13.0 Å². The molecule has 0 aliphatic carbocycles. The third-order valence-corrected chi connectivity index (χ3v) is 5.44. The fourth-order valence-electron chi connectivity index (χ4n) is 3.73. The van der Waals surface area contributed by atoms with Crippen LogP contribution < -0.4 is 19.7 Å². The minimum atomic E-state index is -0.393. The Balaban J connectivity index is 1.50. The fraction of sp³-hybridized carbons (Fsp3) is 0.200. The predicted molar refractivity (Wildman–Crippen MR) is 119 cm³/mol. The number of fused-ring (bicyclic) bond motifs is 1. The molecule has 0 fully saturated rings. The van der Waals surface area contributed by atoms with E-state index in [2.05, 4.69) is 5.32 Å². The number of methoxy groups -OCH3 is 2. The highest BCUT2D eigenvalue weighted by atomic mass is 19.1. The van der Waals surface area contributed by atoms with Crippen LogP contribution >= 0.6 is 0 Å². The van der Waals surface area contributed by atoms with E-state index < -0.39 is 5.82 Å². The van der Waals surface area contributed by atoms with Gasteiger partial charge in [-0.3, -0.25) is 9.59 Å². The van der Waals surface area contributed by atoms with Crippen molar-refractivity contribution in [2.75, 3.05) is 25.7 Å². The van der Waals surface area contributed by atoms with Crippen molar-refractivity contribution in [3.05, 3.63) is 88.7 Å². The zero-order valence-electron chi connectivity index (χ0n) is 17.9. The lowest BCUT2D eigenvalue weighted by Crippen LogP contribution is -2.29. The molecule has 1 aliphatic rings. The maximum absolute atomic E-state index is 13.2. The van der Waals surface area contributed by atoms with Crippen molar-refractivity contribution in [1.29, 1.82) is 0 Å². The highest BCUT2D eigenvalue weighted by molar-refractivity contribution is 6.08. The number of anilines is 1. The first-order valence-corrected chi connectivity index (χ1v) is 10.2. The largest absolute Gasteiger partial charge is 0.497 e. The average molecular weight is 434 g/mol. The summed E-state index contributed by atoms with van der Waals surface area (Å²) in [5.41, 5.74) is 3.40. The Kier molecular flexibility index (Phi) is 6.07. The Hall–Kier alpha value is -3.87. The number of carbonyl (C=O) groups excluding carboxylic acids is 2. The molecule has 164 valence electrons. The zero-order chi connectivity index (χ0) is 22.7. The van der Waals surface area contributed by atoms with E-state index >= 15 is 0 Å². The maximum atomic E-state index is 13.2. The first-order valence-electron chi connectivity index (χ1n) is 10.2. The molecule has 3 aromatic rings. The van der Waals surface area contributed by atoms with Gasteiger partial charge in [-0.05, 0) is 66.1 Å². The molecule has 2 amide bonds. The summed E-state index contributed by atoms with van der Waals surface area (Å²) < 4.78 is 23.7. The van der Waals surface area contributed by atoms with Crippen LogP contribution in [0.15, 0.2) is 60.7 Å². The molecule has 7 heteroatoms. The molecule has 6 nitrogen and oxygen atoms in total. The number of hydrogen-bond acceptors (Lipinski definition) is 4. The summed E-state index contributed by atoms with van der Waals surface area (Å²) in [6.45, 7) is 0.807. The molecule has 1 aliphatic heterocycles. The van der Waals surface area contributed by atoms with E-state index in [1.54, 1.807) is 37.3 Å². The van der Waals surface area contributed by atoms with E-state index in [1.807, 2.05) is 18.2 Å². The van der Waals surface area contributed by atoms with Crippen LogP contribution in [0.25, 0.3) is 0 Å². The minimum absolute atomic E-state index is 0.218. The van der Waals surface area contributed by atoms with E-state index in [9.17, 15) is 14.0 Å². The van der Waals surface area contributed by atoms with Crippen LogP contribution in [0.5, 0.6) is 11.5 Å². The highest BCUT2D eigenvalue weighted by Crippen LogP contribution is 2.30. The van der Waals surface area contributed by atoms with Crippen LogP contribution in [0.3, 0.4) is 0 Å². The van der Waals surface area contributed by atoms with Gasteiger partial charge in [-0.2, -0.15) is 0 Å². The lowest BCUT2D eigenvalue weighted by molar-refractivity contribution is 0.0948. The Morgan fingerprint density at radius 2 is 1.59 bits per heavy atom. The van der Waals surface area contributed by atoms with Crippen LogP contribution in [0.2, 0.25) is 0 Å². The van der Waals surface area contributed by atoms with E-state index in [0.717, 1.165) is 11.1 Å². The van der Waals surface area contributed by atoms with E-state index in [1.165, 1.54) is 24.3 Å². The summed E-state index contributed by atoms with van der Waals surface area (Å²) in [5.74, 6) is 0.415. The fourth-order valence-corrected chi connectivity index (χ4v) is 3.73. The number of ether oxygens (including phenoxy) is 2. The smallest absolute Gasteiger partial charge is 0.258 e. The van der Waals surface area contributed by atoms with Gasteiger partial charge in [0.1, 0.15) is 17.3 Å². The van der Waals surface area contributed by atoms with Gasteiger partial charge < -0.3 is 19.7 Å². The number of amides is 2. The second-order valence-corrected chi connectivity index (χ2v) is 7.46. The van der Waals surface area contributed by atoms with Gasteiger partial charge in [0, 0.05) is 36.0 Å². The molecule has 4 rings (SSSR count). The molecule has 0 unspecified atom stereocenters. The normalized spacial score (nSPS) is 12.3. The van der Waals surface area contributed by atoms with E-state index in [0.29, 0.717) is 47.8 Å². The number of hydrogen-bond donors (Lipinski definition) is 1. The molecule has 1 N–H and O–H groups in total. The van der Waals surface area contributed by atoms with Crippen molar-refractivity contribution >= 4 is 17.5 Å². The molecule has 0 saturated carbocycles. The van der Waals surface area contributed by atoms with Crippen molar-refractivity contribution in [3.63, 3.8) is 0 Å². The standard InChI is InChI=1S/C25H23FN2O4/c1-31-21-11-16(12-22(14-21)32-2)15-27-24(29)19-4-3-17-9-10-28(23(17)13-19)25(30)18-5-7-20(26)8-6-18/h3-8,11-14H,9-10,15H2,1-2H3,(H,27,29). The Bertz CT molecular complexity index is 1140. The summed E-state index contributed by atoms with van der Waals surface area (Å²) in [5, 5.41) is 2.90. The summed E-state index contributed by atoms with van der Waals surface area (Å²) in [4.78, 5) is 27.3. The summed E-state index contributed by atoms with van der Waals surface area (Å²) in [6.07, 6.45) is 0.702. The number of benzene rings is 3. The van der Waals surface area contributed by atoms with Crippen molar-refractivity contribution < 1.29 is 23.5 Å². The van der Waals surface area contributed by atoms with Gasteiger partial charge >= 0.3 is 0 Å². The Morgan fingerprint density at radius 1 is 0.938 bits per heavy atom. The second kappa shape index (κ2) is 9.09. The van der Waals surface area contributed by atoms with Gasteiger partial charge in [0.2, 0.25) is 0 Å². The lowest BCUT2D eigenvalue weighted by atomic mass is 10.1. The highest BCUT2D eigenvalue weighted by Gasteiger charge is 2.26. The molecule has 0 aromatic heterocycles. The number of carbonyl (C=O) groups is 2. The molecule has 1 heterocycles. The van der Waals surface area contributed by atoms with Gasteiger partial charge in [-0.1, -0.05) is 6.07 Å². The SMILES string of the molecule is COc1cc(CNC(=O)c2ccc3c(c2)N(C(=O)c2ccc(F)cc2)CC3)cc(OC)c1. The molecule has 0 spiro atoms. The number of nitrogens with one attached hydrogen (secondary N) is 1. The van der Waals surface area contributed by atoms with Crippen molar-refractivity contribution in [1.82, 2.24) is 5.32 Å². The molecule has 0 bridgehead atoms. The van der Waals surface area contributed by atoms with Crippen LogP contribution in [0.4, 0.5) is 10.1 Å². The zero-order valence-corrected chi connectivity index (χ0v) is 17.9. The van der Waals surface area contributed by atoms with Crippen LogP contribution in [0, 0.1) is 5.82 Å². The minimum Gasteiger partial charge on any atom is -0.497 e. The van der Waals surface area contributed by atoms with Gasteiger partial charge in [-0.15, -0.1) is 0 Å². The monoisotopic (exact) mass is 434 g/mol. The Labute approximate surface area is 185 Å². The van der Waals surface area contributed by atoms with Crippen molar-refractivity contribution in [2.24, 2.45) is 0 Å². The average Bonchev–Trinajstić information content (AvgIpc) is 3.25.